The Labute approximate surface area is 191 Å². The van der Waals surface area contributed by atoms with Crippen LogP contribution >= 0.6 is 0 Å². The minimum Gasteiger partial charge on any atom is -0.478 e. The molecule has 2 N–H and O–H groups in total. The lowest BCUT2D eigenvalue weighted by atomic mass is 9.94. The van der Waals surface area contributed by atoms with Crippen LogP contribution in [0.4, 0.5) is 5.69 Å². The zero-order valence-corrected chi connectivity index (χ0v) is 18.7. The normalized spacial score (nSPS) is 18.5. The maximum atomic E-state index is 11.2. The Morgan fingerprint density at radius 2 is 1.62 bits per heavy atom. The predicted octanol–water partition coefficient (Wildman–Crippen LogP) is 4.35. The summed E-state index contributed by atoms with van der Waals surface area (Å²) in [5, 5.41) is 12.6. The number of hydrogen-bond acceptors (Lipinski definition) is 3. The number of carboxylic acids is 1. The molecule has 1 saturated heterocycles. The summed E-state index contributed by atoms with van der Waals surface area (Å²) < 4.78 is 0. The number of rotatable bonds is 6. The average molecular weight is 435 g/mol. The molecule has 1 heterocycles. The lowest BCUT2D eigenvalue weighted by Crippen LogP contribution is -2.53. The number of hydrogen-bond donors (Lipinski definition) is 2. The number of aliphatic imine (C=N–C) groups is 1. The number of nitrogens with zero attached hydrogens (tertiary/aromatic N) is 3. The molecule has 0 bridgehead atoms. The molecular formula is C26H34N4O2. The van der Waals surface area contributed by atoms with Gasteiger partial charge in [0.2, 0.25) is 0 Å². The van der Waals surface area contributed by atoms with E-state index >= 15 is 0 Å². The van der Waals surface area contributed by atoms with Crippen LogP contribution in [0.3, 0.4) is 0 Å². The van der Waals surface area contributed by atoms with Gasteiger partial charge < -0.3 is 15.3 Å². The molecule has 2 aromatic carbocycles. The Balaban J connectivity index is 1.41. The third-order valence-corrected chi connectivity index (χ3v) is 6.60. The van der Waals surface area contributed by atoms with E-state index in [2.05, 4.69) is 39.4 Å². The SMILES string of the molecule is O=C(O)c1ccc(NC(=NCCc2ccccc2)N2CCN(C3CCCCC3)CC2)cc1. The first-order valence-corrected chi connectivity index (χ1v) is 11.9. The predicted molar refractivity (Wildman–Crippen MR) is 129 cm³/mol. The van der Waals surface area contributed by atoms with Crippen LogP contribution in [-0.4, -0.2) is 65.6 Å². The number of nitrogens with one attached hydrogen (secondary N) is 1. The third kappa shape index (κ3) is 6.10. The van der Waals surface area contributed by atoms with Crippen LogP contribution in [0.5, 0.6) is 0 Å². The number of piperazine rings is 1. The van der Waals surface area contributed by atoms with Crippen molar-refractivity contribution in [3.63, 3.8) is 0 Å². The lowest BCUT2D eigenvalue weighted by molar-refractivity contribution is 0.0697. The molecule has 6 nitrogen and oxygen atoms in total. The first-order valence-electron chi connectivity index (χ1n) is 11.9. The number of anilines is 1. The molecule has 2 aromatic rings. The summed E-state index contributed by atoms with van der Waals surface area (Å²) in [5.74, 6) is -0.0283. The van der Waals surface area contributed by atoms with Crippen LogP contribution in [0.25, 0.3) is 0 Å². The van der Waals surface area contributed by atoms with Crippen LogP contribution in [-0.2, 0) is 6.42 Å². The summed E-state index contributed by atoms with van der Waals surface area (Å²) in [6, 6.07) is 18.1. The standard InChI is InChI=1S/C26H34N4O2/c31-25(32)22-11-13-23(14-12-22)28-26(27-16-15-21-7-3-1-4-8-21)30-19-17-29(18-20-30)24-9-5-2-6-10-24/h1,3-4,7-8,11-14,24H,2,5-6,9-10,15-20H2,(H,27,28)(H,31,32). The van der Waals surface area contributed by atoms with Crippen molar-refractivity contribution >= 4 is 17.6 Å². The number of aromatic carboxylic acids is 1. The second-order valence-corrected chi connectivity index (χ2v) is 8.76. The largest absolute Gasteiger partial charge is 0.478 e. The molecule has 1 saturated carbocycles. The molecule has 1 aliphatic heterocycles. The fourth-order valence-electron chi connectivity index (χ4n) is 4.72. The van der Waals surface area contributed by atoms with Crippen molar-refractivity contribution in [3.05, 3.63) is 65.7 Å². The summed E-state index contributed by atoms with van der Waals surface area (Å²) in [7, 11) is 0. The van der Waals surface area contributed by atoms with Crippen LogP contribution < -0.4 is 5.32 Å². The van der Waals surface area contributed by atoms with Gasteiger partial charge in [0.25, 0.3) is 0 Å². The van der Waals surface area contributed by atoms with E-state index in [1.165, 1.54) is 37.7 Å². The smallest absolute Gasteiger partial charge is 0.335 e. The molecule has 1 aliphatic carbocycles. The van der Waals surface area contributed by atoms with E-state index in [-0.39, 0.29) is 0 Å². The number of benzene rings is 2. The number of carboxylic acid groups (broad SMARTS) is 1. The molecule has 170 valence electrons. The minimum atomic E-state index is -0.910. The van der Waals surface area contributed by atoms with Crippen molar-refractivity contribution in [2.24, 2.45) is 4.99 Å². The number of carbonyl (C=O) groups is 1. The van der Waals surface area contributed by atoms with E-state index in [1.807, 2.05) is 18.2 Å². The van der Waals surface area contributed by atoms with Gasteiger partial charge in [-0.2, -0.15) is 0 Å². The Bertz CT molecular complexity index is 884. The Hall–Kier alpha value is -2.86. The molecule has 0 atom stereocenters. The molecule has 32 heavy (non-hydrogen) atoms. The van der Waals surface area contributed by atoms with Crippen molar-refractivity contribution < 1.29 is 9.90 Å². The molecule has 6 heteroatoms. The van der Waals surface area contributed by atoms with Gasteiger partial charge >= 0.3 is 5.97 Å². The molecule has 4 rings (SSSR count). The first-order chi connectivity index (χ1) is 15.7. The van der Waals surface area contributed by atoms with Gasteiger partial charge in [-0.15, -0.1) is 0 Å². The minimum absolute atomic E-state index is 0.291. The summed E-state index contributed by atoms with van der Waals surface area (Å²) in [4.78, 5) is 21.1. The van der Waals surface area contributed by atoms with Crippen molar-refractivity contribution in [1.29, 1.82) is 0 Å². The summed E-state index contributed by atoms with van der Waals surface area (Å²) in [6.07, 6.45) is 7.69. The summed E-state index contributed by atoms with van der Waals surface area (Å²) >= 11 is 0. The highest BCUT2D eigenvalue weighted by molar-refractivity contribution is 5.94. The van der Waals surface area contributed by atoms with E-state index < -0.39 is 5.97 Å². The summed E-state index contributed by atoms with van der Waals surface area (Å²) in [5.41, 5.74) is 2.44. The highest BCUT2D eigenvalue weighted by Crippen LogP contribution is 2.23. The van der Waals surface area contributed by atoms with Crippen molar-refractivity contribution in [1.82, 2.24) is 9.80 Å². The third-order valence-electron chi connectivity index (χ3n) is 6.60. The van der Waals surface area contributed by atoms with Gasteiger partial charge in [0.05, 0.1) is 5.56 Å². The highest BCUT2D eigenvalue weighted by atomic mass is 16.4. The number of guanidine groups is 1. The first kappa shape index (κ1) is 22.3. The molecule has 0 aromatic heterocycles. The molecule has 0 spiro atoms. The van der Waals surface area contributed by atoms with Crippen molar-refractivity contribution in [2.45, 2.75) is 44.6 Å². The van der Waals surface area contributed by atoms with Crippen molar-refractivity contribution in [3.8, 4) is 0 Å². The van der Waals surface area contributed by atoms with Gasteiger partial charge in [-0.25, -0.2) is 4.79 Å². The molecule has 2 aliphatic rings. The maximum absolute atomic E-state index is 11.2. The van der Waals surface area contributed by atoms with E-state index in [1.54, 1.807) is 12.1 Å². The zero-order chi connectivity index (χ0) is 22.2. The molecule has 0 amide bonds. The monoisotopic (exact) mass is 434 g/mol. The summed E-state index contributed by atoms with van der Waals surface area (Å²) in [6.45, 7) is 4.77. The van der Waals surface area contributed by atoms with Crippen LogP contribution in [0.15, 0.2) is 59.6 Å². The second kappa shape index (κ2) is 11.1. The van der Waals surface area contributed by atoms with Gasteiger partial charge in [-0.3, -0.25) is 9.89 Å². The maximum Gasteiger partial charge on any atom is 0.335 e. The fraction of sp³-hybridized carbons (Fsp3) is 0.462. The van der Waals surface area contributed by atoms with Gasteiger partial charge in [-0.05, 0) is 49.1 Å². The molecule has 2 fully saturated rings. The van der Waals surface area contributed by atoms with E-state index in [4.69, 9.17) is 10.1 Å². The van der Waals surface area contributed by atoms with E-state index in [0.717, 1.165) is 50.3 Å². The van der Waals surface area contributed by atoms with E-state index in [0.29, 0.717) is 12.1 Å². The second-order valence-electron chi connectivity index (χ2n) is 8.76. The zero-order valence-electron chi connectivity index (χ0n) is 18.7. The van der Waals surface area contributed by atoms with Crippen LogP contribution in [0.1, 0.15) is 48.0 Å². The van der Waals surface area contributed by atoms with Gasteiger partial charge in [0.1, 0.15) is 0 Å². The van der Waals surface area contributed by atoms with Crippen LogP contribution in [0.2, 0.25) is 0 Å². The average Bonchev–Trinajstić information content (AvgIpc) is 2.85. The highest BCUT2D eigenvalue weighted by Gasteiger charge is 2.26. The van der Waals surface area contributed by atoms with Gasteiger partial charge in [0.15, 0.2) is 5.96 Å². The van der Waals surface area contributed by atoms with E-state index in [9.17, 15) is 4.79 Å². The van der Waals surface area contributed by atoms with Crippen molar-refractivity contribution in [2.75, 3.05) is 38.0 Å². The van der Waals surface area contributed by atoms with Crippen LogP contribution in [0, 0.1) is 0 Å². The lowest BCUT2D eigenvalue weighted by Gasteiger charge is -2.41. The van der Waals surface area contributed by atoms with Gasteiger partial charge in [0, 0.05) is 44.5 Å². The fourth-order valence-corrected chi connectivity index (χ4v) is 4.72. The molecule has 0 unspecified atom stereocenters. The Morgan fingerprint density at radius 3 is 2.28 bits per heavy atom. The Morgan fingerprint density at radius 1 is 0.938 bits per heavy atom. The quantitative estimate of drug-likeness (QED) is 0.523. The molecular weight excluding hydrogens is 400 g/mol. The van der Waals surface area contributed by atoms with Gasteiger partial charge in [-0.1, -0.05) is 49.6 Å². The topological polar surface area (TPSA) is 68.2 Å². The molecule has 0 radical (unpaired) electrons. The Kier molecular flexibility index (Phi) is 7.77.